The molecule has 0 aliphatic rings. The highest BCUT2D eigenvalue weighted by Gasteiger charge is 1.98. The molecule has 0 aliphatic carbocycles. The fourth-order valence-corrected chi connectivity index (χ4v) is 1.51. The van der Waals surface area contributed by atoms with Crippen molar-refractivity contribution in [2.75, 3.05) is 6.61 Å². The molecule has 0 saturated heterocycles. The van der Waals surface area contributed by atoms with Gasteiger partial charge >= 0.3 is 0 Å². The molecule has 0 aliphatic heterocycles. The van der Waals surface area contributed by atoms with Crippen molar-refractivity contribution in [3.05, 3.63) is 52.8 Å². The molecule has 0 saturated carbocycles. The lowest BCUT2D eigenvalue weighted by molar-refractivity contribution is 0.340. The number of hydrogen-bond acceptors (Lipinski definition) is 2. The number of aromatic nitrogens is 1. The summed E-state index contributed by atoms with van der Waals surface area (Å²) >= 11 is 0. The Bertz CT molecular complexity index is 514. The first-order valence-corrected chi connectivity index (χ1v) is 5.21. The zero-order chi connectivity index (χ0) is 11.4. The third-order valence-corrected chi connectivity index (χ3v) is 2.25. The van der Waals surface area contributed by atoms with E-state index < -0.39 is 0 Å². The number of benzene rings is 1. The second kappa shape index (κ2) is 4.66. The van der Waals surface area contributed by atoms with Gasteiger partial charge in [0.05, 0.1) is 6.61 Å². The number of H-pyrrole nitrogens is 1. The van der Waals surface area contributed by atoms with E-state index in [9.17, 15) is 4.79 Å². The predicted octanol–water partition coefficient (Wildman–Crippen LogP) is 2.44. The van der Waals surface area contributed by atoms with E-state index in [1.807, 2.05) is 31.2 Å². The van der Waals surface area contributed by atoms with E-state index in [2.05, 4.69) is 4.98 Å². The molecule has 1 aromatic heterocycles. The van der Waals surface area contributed by atoms with Crippen molar-refractivity contribution in [1.29, 1.82) is 0 Å². The van der Waals surface area contributed by atoms with Gasteiger partial charge in [-0.15, -0.1) is 0 Å². The van der Waals surface area contributed by atoms with Gasteiger partial charge in [0.1, 0.15) is 5.75 Å². The Hall–Kier alpha value is -2.03. The van der Waals surface area contributed by atoms with Crippen LogP contribution in [0.5, 0.6) is 5.75 Å². The third kappa shape index (κ3) is 2.31. The lowest BCUT2D eigenvalue weighted by Crippen LogP contribution is -1.98. The van der Waals surface area contributed by atoms with Crippen molar-refractivity contribution >= 4 is 0 Å². The second-order valence-electron chi connectivity index (χ2n) is 3.40. The molecule has 16 heavy (non-hydrogen) atoms. The minimum atomic E-state index is 0.00244. The minimum absolute atomic E-state index is 0.00244. The fraction of sp³-hybridized carbons (Fsp3) is 0.154. The normalized spacial score (nSPS) is 10.1. The molecule has 0 unspecified atom stereocenters. The summed E-state index contributed by atoms with van der Waals surface area (Å²) in [6.45, 7) is 2.60. The maximum atomic E-state index is 11.2. The number of nitrogens with one attached hydrogen (secondary N) is 1. The van der Waals surface area contributed by atoms with Gasteiger partial charge in [-0.1, -0.05) is 0 Å². The van der Waals surface area contributed by atoms with Gasteiger partial charge in [-0.05, 0) is 36.8 Å². The lowest BCUT2D eigenvalue weighted by atomic mass is 10.1. The van der Waals surface area contributed by atoms with Crippen LogP contribution in [0.15, 0.2) is 47.4 Å². The molecule has 0 bridgehead atoms. The number of hydrogen-bond donors (Lipinski definition) is 1. The molecule has 82 valence electrons. The number of aromatic amines is 1. The molecule has 3 nitrogen and oxygen atoms in total. The van der Waals surface area contributed by atoms with E-state index >= 15 is 0 Å². The zero-order valence-corrected chi connectivity index (χ0v) is 9.07. The summed E-state index contributed by atoms with van der Waals surface area (Å²) in [5.74, 6) is 0.838. The van der Waals surface area contributed by atoms with Crippen LogP contribution in [0.2, 0.25) is 0 Å². The van der Waals surface area contributed by atoms with Gasteiger partial charge in [0.25, 0.3) is 0 Å². The van der Waals surface area contributed by atoms with Crippen LogP contribution < -0.4 is 10.2 Å². The summed E-state index contributed by atoms with van der Waals surface area (Å²) in [4.78, 5) is 14.2. The molecule has 0 spiro atoms. The summed E-state index contributed by atoms with van der Waals surface area (Å²) < 4.78 is 5.35. The van der Waals surface area contributed by atoms with Crippen molar-refractivity contribution in [2.45, 2.75) is 6.92 Å². The molecule has 2 aromatic rings. The Morgan fingerprint density at radius 3 is 2.56 bits per heavy atom. The molecule has 0 atom stereocenters. The lowest BCUT2D eigenvalue weighted by Gasteiger charge is -2.04. The van der Waals surface area contributed by atoms with Crippen molar-refractivity contribution < 1.29 is 4.74 Å². The van der Waals surface area contributed by atoms with Crippen molar-refractivity contribution in [1.82, 2.24) is 4.98 Å². The molecule has 0 amide bonds. The molecule has 1 heterocycles. The molecule has 3 heteroatoms. The average Bonchev–Trinajstić information content (AvgIpc) is 2.30. The quantitative estimate of drug-likeness (QED) is 0.854. The van der Waals surface area contributed by atoms with Crippen LogP contribution in [0.4, 0.5) is 0 Å². The molecule has 1 N–H and O–H groups in total. The van der Waals surface area contributed by atoms with Crippen molar-refractivity contribution in [3.63, 3.8) is 0 Å². The number of pyridine rings is 1. The van der Waals surface area contributed by atoms with E-state index in [4.69, 9.17) is 4.74 Å². The molecule has 2 rings (SSSR count). The summed E-state index contributed by atoms with van der Waals surface area (Å²) in [6, 6.07) is 10.7. The summed E-state index contributed by atoms with van der Waals surface area (Å²) in [7, 11) is 0. The highest BCUT2D eigenvalue weighted by Crippen LogP contribution is 2.19. The molecular weight excluding hydrogens is 202 g/mol. The van der Waals surface area contributed by atoms with Crippen molar-refractivity contribution in [2.24, 2.45) is 0 Å². The highest BCUT2D eigenvalue weighted by atomic mass is 16.5. The van der Waals surface area contributed by atoms with E-state index in [0.717, 1.165) is 17.0 Å². The smallest absolute Gasteiger partial charge is 0.182 e. The van der Waals surface area contributed by atoms with Crippen LogP contribution in [0, 0.1) is 0 Å². The fourth-order valence-electron chi connectivity index (χ4n) is 1.51. The summed E-state index contributed by atoms with van der Waals surface area (Å²) in [5.41, 5.74) is 1.79. The molecular formula is C13H13NO2. The first-order valence-electron chi connectivity index (χ1n) is 5.21. The Morgan fingerprint density at radius 1 is 1.19 bits per heavy atom. The Labute approximate surface area is 93.7 Å². The van der Waals surface area contributed by atoms with E-state index in [-0.39, 0.29) is 5.43 Å². The van der Waals surface area contributed by atoms with Crippen LogP contribution in [0.3, 0.4) is 0 Å². The molecule has 0 fully saturated rings. The Balaban J connectivity index is 2.31. The first-order chi connectivity index (χ1) is 7.79. The van der Waals surface area contributed by atoms with E-state index in [1.54, 1.807) is 12.3 Å². The van der Waals surface area contributed by atoms with Crippen LogP contribution >= 0.6 is 0 Å². The van der Waals surface area contributed by atoms with Gasteiger partial charge in [-0.3, -0.25) is 4.79 Å². The van der Waals surface area contributed by atoms with Gasteiger partial charge in [0.2, 0.25) is 0 Å². The minimum Gasteiger partial charge on any atom is -0.494 e. The number of rotatable bonds is 3. The summed E-state index contributed by atoms with van der Waals surface area (Å²) in [6.07, 6.45) is 1.65. The zero-order valence-electron chi connectivity index (χ0n) is 9.07. The Morgan fingerprint density at radius 2 is 1.94 bits per heavy atom. The summed E-state index contributed by atoms with van der Waals surface area (Å²) in [5, 5.41) is 0. The first kappa shape index (κ1) is 10.5. The standard InChI is InChI=1S/C13H13NO2/c1-2-16-12-5-3-10(4-6-12)13-9-11(15)7-8-14-13/h3-9H,2H2,1H3,(H,14,15). The maximum absolute atomic E-state index is 11.2. The van der Waals surface area contributed by atoms with Crippen LogP contribution in [0.25, 0.3) is 11.3 Å². The van der Waals surface area contributed by atoms with Gasteiger partial charge in [0.15, 0.2) is 5.43 Å². The van der Waals surface area contributed by atoms with Crippen LogP contribution in [0.1, 0.15) is 6.92 Å². The second-order valence-corrected chi connectivity index (χ2v) is 3.40. The molecule has 1 aromatic carbocycles. The van der Waals surface area contributed by atoms with Crippen LogP contribution in [-0.2, 0) is 0 Å². The highest BCUT2D eigenvalue weighted by molar-refractivity contribution is 5.59. The van der Waals surface area contributed by atoms with Crippen molar-refractivity contribution in [3.8, 4) is 17.0 Å². The van der Waals surface area contributed by atoms with Gasteiger partial charge in [0, 0.05) is 24.0 Å². The topological polar surface area (TPSA) is 42.1 Å². The van der Waals surface area contributed by atoms with Gasteiger partial charge in [-0.2, -0.15) is 0 Å². The van der Waals surface area contributed by atoms with E-state index in [0.29, 0.717) is 6.61 Å². The average molecular weight is 215 g/mol. The Kier molecular flexibility index (Phi) is 3.05. The predicted molar refractivity (Wildman–Crippen MR) is 63.7 cm³/mol. The third-order valence-electron chi connectivity index (χ3n) is 2.25. The van der Waals surface area contributed by atoms with Crippen LogP contribution in [-0.4, -0.2) is 11.6 Å². The monoisotopic (exact) mass is 215 g/mol. The van der Waals surface area contributed by atoms with Gasteiger partial charge in [-0.25, -0.2) is 0 Å². The maximum Gasteiger partial charge on any atom is 0.182 e. The number of ether oxygens (including phenoxy) is 1. The van der Waals surface area contributed by atoms with Gasteiger partial charge < -0.3 is 9.72 Å². The molecule has 0 radical (unpaired) electrons. The largest absolute Gasteiger partial charge is 0.494 e. The SMILES string of the molecule is CCOc1ccc(-c2cc(=O)cc[nH]2)cc1. The van der Waals surface area contributed by atoms with E-state index in [1.165, 1.54) is 6.07 Å².